The average molecular weight is 587 g/mol. The summed E-state index contributed by atoms with van der Waals surface area (Å²) in [4.78, 5) is 27.1. The van der Waals surface area contributed by atoms with Gasteiger partial charge in [-0.15, -0.1) is 0 Å². The van der Waals surface area contributed by atoms with Crippen molar-refractivity contribution in [3.8, 4) is 28.4 Å². The molecule has 1 amide bonds. The van der Waals surface area contributed by atoms with Gasteiger partial charge in [0.05, 0.1) is 13.2 Å². The van der Waals surface area contributed by atoms with Gasteiger partial charge in [-0.2, -0.15) is 0 Å². The smallest absolute Gasteiger partial charge is 0.303 e. The number of hydrogen-bond acceptors (Lipinski definition) is 6. The van der Waals surface area contributed by atoms with Gasteiger partial charge in [0.25, 0.3) is 0 Å². The van der Waals surface area contributed by atoms with Crippen molar-refractivity contribution in [2.24, 2.45) is 0 Å². The Morgan fingerprint density at radius 3 is 2.33 bits per heavy atom. The van der Waals surface area contributed by atoms with Gasteiger partial charge in [-0.25, -0.2) is 0 Å². The molecule has 0 aromatic heterocycles. The minimum absolute atomic E-state index is 0.0651. The molecule has 8 nitrogen and oxygen atoms in total. The summed E-state index contributed by atoms with van der Waals surface area (Å²) in [5, 5.41) is 9.03. The molecule has 0 unspecified atom stereocenters. The number of ether oxygens (including phenoxy) is 3. The highest BCUT2D eigenvalue weighted by molar-refractivity contribution is 5.78. The highest BCUT2D eigenvalue weighted by Crippen LogP contribution is 2.35. The van der Waals surface area contributed by atoms with E-state index in [0.29, 0.717) is 50.7 Å². The van der Waals surface area contributed by atoms with Gasteiger partial charge in [0.2, 0.25) is 5.91 Å². The summed E-state index contributed by atoms with van der Waals surface area (Å²) in [5.74, 6) is 1.51. The predicted molar refractivity (Wildman–Crippen MR) is 166 cm³/mol. The molecule has 228 valence electrons. The fourth-order valence-corrected chi connectivity index (χ4v) is 5.70. The first kappa shape index (κ1) is 30.4. The summed E-state index contributed by atoms with van der Waals surface area (Å²) < 4.78 is 18.1. The third-order valence-corrected chi connectivity index (χ3v) is 8.05. The van der Waals surface area contributed by atoms with E-state index in [1.165, 1.54) is 24.0 Å². The lowest BCUT2D eigenvalue weighted by Gasteiger charge is -2.18. The topological polar surface area (TPSA) is 88.5 Å². The van der Waals surface area contributed by atoms with E-state index in [4.69, 9.17) is 19.3 Å². The zero-order valence-electron chi connectivity index (χ0n) is 24.8. The van der Waals surface area contributed by atoms with E-state index in [-0.39, 0.29) is 12.3 Å². The fraction of sp³-hybridized carbons (Fsp3) is 0.429. The lowest BCUT2D eigenvalue weighted by atomic mass is 9.94. The van der Waals surface area contributed by atoms with Crippen LogP contribution in [0, 0.1) is 0 Å². The van der Waals surface area contributed by atoms with Crippen molar-refractivity contribution in [3.63, 3.8) is 0 Å². The van der Waals surface area contributed by atoms with E-state index >= 15 is 0 Å². The molecular weight excluding hydrogens is 544 g/mol. The van der Waals surface area contributed by atoms with Crippen molar-refractivity contribution in [1.29, 1.82) is 0 Å². The van der Waals surface area contributed by atoms with Gasteiger partial charge in [-0.05, 0) is 91.7 Å². The second-order valence-corrected chi connectivity index (χ2v) is 11.2. The minimum Gasteiger partial charge on any atom is -0.492 e. The van der Waals surface area contributed by atoms with E-state index in [0.717, 1.165) is 55.9 Å². The second-order valence-electron chi connectivity index (χ2n) is 11.2. The third kappa shape index (κ3) is 8.97. The number of rotatable bonds is 16. The van der Waals surface area contributed by atoms with Crippen molar-refractivity contribution in [3.05, 3.63) is 77.9 Å². The number of likely N-dealkylation sites (tertiary alicyclic amines) is 2. The Labute approximate surface area is 254 Å². The standard InChI is InChI=1S/C35H42N2O6/c38-34-9-5-19-37(34)21-24-41-30-14-11-27(12-15-30)25-28-7-1-2-8-31(28)29-13-16-32(43-23-20-36-17-3-4-18-36)33(26-29)42-22-6-10-35(39)40/h1-2,7-8,11-16,26H,3-6,9-10,17-25H2,(H,39,40). The van der Waals surface area contributed by atoms with E-state index in [1.807, 2.05) is 35.2 Å². The highest BCUT2D eigenvalue weighted by atomic mass is 16.5. The summed E-state index contributed by atoms with van der Waals surface area (Å²) in [6.07, 6.45) is 5.32. The van der Waals surface area contributed by atoms with Crippen LogP contribution in [0.2, 0.25) is 0 Å². The van der Waals surface area contributed by atoms with Gasteiger partial charge in [0.1, 0.15) is 19.0 Å². The van der Waals surface area contributed by atoms with Crippen LogP contribution in [-0.4, -0.2) is 79.3 Å². The van der Waals surface area contributed by atoms with Crippen molar-refractivity contribution >= 4 is 11.9 Å². The predicted octanol–water partition coefficient (Wildman–Crippen LogP) is 5.66. The van der Waals surface area contributed by atoms with Crippen LogP contribution in [-0.2, 0) is 16.0 Å². The summed E-state index contributed by atoms with van der Waals surface area (Å²) in [5.41, 5.74) is 4.48. The molecule has 2 aliphatic heterocycles. The maximum atomic E-state index is 11.8. The molecule has 0 aliphatic carbocycles. The molecule has 0 spiro atoms. The van der Waals surface area contributed by atoms with Crippen LogP contribution in [0.1, 0.15) is 49.7 Å². The summed E-state index contributed by atoms with van der Waals surface area (Å²) >= 11 is 0. The Kier molecular flexibility index (Phi) is 10.9. The van der Waals surface area contributed by atoms with Crippen LogP contribution < -0.4 is 14.2 Å². The number of carbonyl (C=O) groups excluding carboxylic acids is 1. The number of carbonyl (C=O) groups is 2. The first-order chi connectivity index (χ1) is 21.0. The Hall–Kier alpha value is -4.04. The van der Waals surface area contributed by atoms with Crippen molar-refractivity contribution in [2.75, 3.05) is 52.5 Å². The fourth-order valence-electron chi connectivity index (χ4n) is 5.70. The minimum atomic E-state index is -0.827. The number of hydrogen-bond donors (Lipinski definition) is 1. The van der Waals surface area contributed by atoms with Crippen molar-refractivity contribution < 1.29 is 28.9 Å². The van der Waals surface area contributed by atoms with Crippen LogP contribution in [0.3, 0.4) is 0 Å². The Morgan fingerprint density at radius 2 is 1.56 bits per heavy atom. The molecule has 3 aromatic rings. The van der Waals surface area contributed by atoms with Gasteiger partial charge in [-0.3, -0.25) is 14.5 Å². The van der Waals surface area contributed by atoms with Gasteiger partial charge >= 0.3 is 5.97 Å². The Balaban J connectivity index is 1.24. The van der Waals surface area contributed by atoms with Gasteiger partial charge in [0, 0.05) is 25.9 Å². The van der Waals surface area contributed by atoms with E-state index < -0.39 is 5.97 Å². The van der Waals surface area contributed by atoms with Gasteiger partial charge in [0.15, 0.2) is 11.5 Å². The van der Waals surface area contributed by atoms with Crippen LogP contribution in [0.4, 0.5) is 0 Å². The molecule has 3 aromatic carbocycles. The van der Waals surface area contributed by atoms with Crippen LogP contribution in [0.15, 0.2) is 66.7 Å². The maximum absolute atomic E-state index is 11.8. The summed E-state index contributed by atoms with van der Waals surface area (Å²) in [6, 6.07) is 22.5. The molecule has 0 atom stereocenters. The molecule has 2 aliphatic rings. The lowest BCUT2D eigenvalue weighted by molar-refractivity contribution is -0.137. The van der Waals surface area contributed by atoms with E-state index in [2.05, 4.69) is 41.3 Å². The summed E-state index contributed by atoms with van der Waals surface area (Å²) in [7, 11) is 0. The SMILES string of the molecule is O=C(O)CCCOc1cc(-c2ccccc2Cc2ccc(OCCN3CCCC3=O)cc2)ccc1OCCN1CCCC1. The number of aliphatic carboxylic acids is 1. The third-order valence-electron chi connectivity index (χ3n) is 8.05. The molecule has 0 radical (unpaired) electrons. The van der Waals surface area contributed by atoms with Crippen molar-refractivity contribution in [2.45, 2.75) is 44.9 Å². The monoisotopic (exact) mass is 586 g/mol. The molecule has 0 bridgehead atoms. The second kappa shape index (κ2) is 15.4. The first-order valence-electron chi connectivity index (χ1n) is 15.5. The van der Waals surface area contributed by atoms with E-state index in [9.17, 15) is 9.59 Å². The van der Waals surface area contributed by atoms with Crippen molar-refractivity contribution in [1.82, 2.24) is 9.80 Å². The van der Waals surface area contributed by atoms with E-state index in [1.54, 1.807) is 0 Å². The molecule has 8 heteroatoms. The quantitative estimate of drug-likeness (QED) is 0.217. The van der Waals surface area contributed by atoms with Gasteiger partial charge < -0.3 is 24.2 Å². The molecule has 5 rings (SSSR count). The zero-order valence-corrected chi connectivity index (χ0v) is 24.8. The summed E-state index contributed by atoms with van der Waals surface area (Å²) in [6.45, 7) is 5.95. The molecule has 2 fully saturated rings. The first-order valence-corrected chi connectivity index (χ1v) is 15.5. The molecule has 2 saturated heterocycles. The number of carboxylic acids is 1. The number of benzene rings is 3. The Morgan fingerprint density at radius 1 is 0.791 bits per heavy atom. The normalized spacial score (nSPS) is 15.2. The number of amides is 1. The molecule has 43 heavy (non-hydrogen) atoms. The molecule has 2 heterocycles. The molecular formula is C35H42N2O6. The van der Waals surface area contributed by atoms with Gasteiger partial charge in [-0.1, -0.05) is 42.5 Å². The lowest BCUT2D eigenvalue weighted by Crippen LogP contribution is -2.29. The molecule has 1 N–H and O–H groups in total. The highest BCUT2D eigenvalue weighted by Gasteiger charge is 2.19. The van der Waals surface area contributed by atoms with Crippen LogP contribution >= 0.6 is 0 Å². The maximum Gasteiger partial charge on any atom is 0.303 e. The Bertz CT molecular complexity index is 1350. The molecule has 0 saturated carbocycles. The largest absolute Gasteiger partial charge is 0.492 e. The van der Waals surface area contributed by atoms with Crippen LogP contribution in [0.5, 0.6) is 17.2 Å². The number of nitrogens with zero attached hydrogens (tertiary/aromatic N) is 2. The average Bonchev–Trinajstić information content (AvgIpc) is 3.69. The van der Waals surface area contributed by atoms with Crippen LogP contribution in [0.25, 0.3) is 11.1 Å². The number of carboxylic acid groups (broad SMARTS) is 1. The zero-order chi connectivity index (χ0) is 29.9.